The van der Waals surface area contributed by atoms with E-state index in [9.17, 15) is 9.59 Å². The molecule has 0 N–H and O–H groups in total. The summed E-state index contributed by atoms with van der Waals surface area (Å²) < 4.78 is 29.6. The van der Waals surface area contributed by atoms with Gasteiger partial charge in [0.05, 0.1) is 62.0 Å². The van der Waals surface area contributed by atoms with E-state index in [1.807, 2.05) is 57.5 Å². The van der Waals surface area contributed by atoms with Gasteiger partial charge in [-0.1, -0.05) is 325 Å². The van der Waals surface area contributed by atoms with Gasteiger partial charge in [-0.25, -0.2) is 0 Å². The van der Waals surface area contributed by atoms with Gasteiger partial charge in [0.15, 0.2) is 12.6 Å². The van der Waals surface area contributed by atoms with Gasteiger partial charge < -0.3 is 18.9 Å². The summed E-state index contributed by atoms with van der Waals surface area (Å²) in [6.07, 6.45) is 67.5. The van der Waals surface area contributed by atoms with E-state index in [0.29, 0.717) is 34.8 Å². The fourth-order valence-electron chi connectivity index (χ4n) is 16.3. The lowest BCUT2D eigenvalue weighted by Crippen LogP contribution is -2.35. The summed E-state index contributed by atoms with van der Waals surface area (Å²) in [5, 5.41) is 0. The van der Waals surface area contributed by atoms with Crippen molar-refractivity contribution in [2.45, 2.75) is 400 Å². The van der Waals surface area contributed by atoms with Crippen LogP contribution < -0.4 is 18.9 Å². The number of unbranched alkanes of at least 4 members (excludes halogenated alkanes) is 38. The Hall–Kier alpha value is -3.26. The summed E-state index contributed by atoms with van der Waals surface area (Å²) in [4.78, 5) is 39.1. The van der Waals surface area contributed by atoms with Gasteiger partial charge in [0, 0.05) is 45.1 Å². The second kappa shape index (κ2) is 49.1. The largest absolute Gasteiger partial charge is 0.492 e. The molecule has 2 aliphatic rings. The van der Waals surface area contributed by atoms with Gasteiger partial charge in [-0.2, -0.15) is 0 Å². The third-order valence-corrected chi connectivity index (χ3v) is 30.5. The third kappa shape index (κ3) is 26.5. The average molecular weight is 1540 g/mol. The number of carbonyl (C=O) groups is 2. The van der Waals surface area contributed by atoms with Crippen LogP contribution in [-0.4, -0.2) is 25.8 Å². The van der Waals surface area contributed by atoms with Crippen LogP contribution in [-0.2, 0) is 11.2 Å². The van der Waals surface area contributed by atoms with E-state index in [-0.39, 0.29) is 0 Å². The molecule has 0 radical (unpaired) electrons. The number of carbonyl (C=O) groups excluding carboxylic acids is 2. The third-order valence-electron chi connectivity index (χ3n) is 23.0. The lowest BCUT2D eigenvalue weighted by atomic mass is 9.81. The van der Waals surface area contributed by atoms with E-state index >= 15 is 0 Å². The monoisotopic (exact) mass is 1530 g/mol. The smallest absolute Gasteiger partial charge is 0.160 e. The standard InChI is InChI=1S/C92H142O6S6/c1-9-17-23-27-31-35-39-43-47-51-57-91(58-52-48-44-40-36-32-28-24-18-10-2)75-63-81(101-85(75)89-79(97-91)65-83(103-89)87-77(61-73(67-93)99-87)95-69-71(15-7)55-21-13-5)82-64-76-86(102-82)90-80(66-84(104-90)88-78(62-74(68-94)100-88)96-70-72(16-8)56-22-14-6)98-92(76,59-53-49-45-41-37-33-29-25-19-11-3)60-54-50-46-42-38-34-30-26-20-12-4/h61-68,71-72H,9-60,69-70H2,1-8H3. The van der Waals surface area contributed by atoms with E-state index < -0.39 is 11.2 Å². The van der Waals surface area contributed by atoms with Crippen LogP contribution in [0.25, 0.3) is 48.8 Å². The molecule has 6 aromatic heterocycles. The Kier molecular flexibility index (Phi) is 40.8. The summed E-state index contributed by atoms with van der Waals surface area (Å²) in [7, 11) is 0. The molecule has 6 nitrogen and oxygen atoms in total. The Morgan fingerprint density at radius 3 is 0.846 bits per heavy atom. The molecule has 0 fully saturated rings. The number of rotatable bonds is 63. The summed E-state index contributed by atoms with van der Waals surface area (Å²) in [6.45, 7) is 19.7. The molecular weight excluding hydrogens is 1390 g/mol. The fraction of sp³-hybridized carbons (Fsp3) is 0.717. The first-order valence-corrected chi connectivity index (χ1v) is 48.4. The molecule has 0 spiro atoms. The van der Waals surface area contributed by atoms with Crippen molar-refractivity contribution in [1.29, 1.82) is 0 Å². The lowest BCUT2D eigenvalue weighted by molar-refractivity contribution is 0.0395. The number of thiophene rings is 6. The Labute approximate surface area is 658 Å². The predicted molar refractivity (Wildman–Crippen MR) is 460 cm³/mol. The van der Waals surface area contributed by atoms with E-state index in [1.165, 1.54) is 297 Å². The van der Waals surface area contributed by atoms with Crippen molar-refractivity contribution in [3.8, 4) is 71.8 Å². The molecule has 2 aliphatic heterocycles. The normalized spacial score (nSPS) is 14.0. The Morgan fingerprint density at radius 1 is 0.308 bits per heavy atom. The first-order valence-electron chi connectivity index (χ1n) is 43.5. The van der Waals surface area contributed by atoms with Crippen LogP contribution in [0.1, 0.15) is 420 Å². The van der Waals surface area contributed by atoms with Crippen LogP contribution in [0.3, 0.4) is 0 Å². The minimum Gasteiger partial charge on any atom is -0.492 e. The minimum absolute atomic E-state index is 0.468. The van der Waals surface area contributed by atoms with Gasteiger partial charge in [0.2, 0.25) is 0 Å². The van der Waals surface area contributed by atoms with Crippen LogP contribution in [0.2, 0.25) is 0 Å². The van der Waals surface area contributed by atoms with Crippen molar-refractivity contribution >= 4 is 80.6 Å². The second-order valence-electron chi connectivity index (χ2n) is 31.6. The van der Waals surface area contributed by atoms with Gasteiger partial charge in [0.25, 0.3) is 0 Å². The van der Waals surface area contributed by atoms with Crippen molar-refractivity contribution < 1.29 is 28.5 Å². The van der Waals surface area contributed by atoms with E-state index in [0.717, 1.165) is 132 Å². The molecule has 0 bridgehead atoms. The Morgan fingerprint density at radius 2 is 0.577 bits per heavy atom. The van der Waals surface area contributed by atoms with E-state index in [1.54, 1.807) is 22.7 Å². The lowest BCUT2D eigenvalue weighted by Gasteiger charge is -2.38. The van der Waals surface area contributed by atoms with Gasteiger partial charge in [-0.05, 0) is 88.2 Å². The fourth-order valence-corrected chi connectivity index (χ4v) is 23.3. The molecular formula is C92H142O6S6. The molecule has 0 aliphatic carbocycles. The second-order valence-corrected chi connectivity index (χ2v) is 38.0. The molecule has 8 heterocycles. The molecule has 582 valence electrons. The highest BCUT2D eigenvalue weighted by Crippen LogP contribution is 2.63. The number of hydrogen-bond donors (Lipinski definition) is 0. The van der Waals surface area contributed by atoms with Crippen molar-refractivity contribution in [3.05, 3.63) is 57.3 Å². The average Bonchev–Trinajstić information content (AvgIpc) is 1.56. The molecule has 2 atom stereocenters. The Balaban J connectivity index is 1.23. The molecule has 104 heavy (non-hydrogen) atoms. The van der Waals surface area contributed by atoms with Crippen molar-refractivity contribution in [2.24, 2.45) is 11.8 Å². The van der Waals surface area contributed by atoms with E-state index in [2.05, 4.69) is 79.7 Å². The molecule has 0 amide bonds. The molecule has 2 unspecified atom stereocenters. The van der Waals surface area contributed by atoms with Crippen molar-refractivity contribution in [3.63, 3.8) is 0 Å². The number of fused-ring (bicyclic) bond motifs is 6. The molecule has 0 aromatic carbocycles. The highest BCUT2D eigenvalue weighted by atomic mass is 32.1. The SMILES string of the molecule is CCCCCCCCCCCCC1(CCCCCCCCCCCC)Oc2cc(-c3sc(C=O)cc3OCC(CC)CCCC)sc2-c2sc(-c3cc4c(s3)-c3sc(-c5sc(C=O)cc5OCC(CC)CCCC)cc3OC4(CCCCCCCCCCCC)CCCCCCCCCCCC)cc21. The molecule has 12 heteroatoms. The Bertz CT molecular complexity index is 3030. The van der Waals surface area contributed by atoms with Crippen LogP contribution in [0, 0.1) is 11.8 Å². The molecule has 8 rings (SSSR count). The quantitative estimate of drug-likeness (QED) is 0.0280. The van der Waals surface area contributed by atoms with E-state index in [4.69, 9.17) is 18.9 Å². The highest BCUT2D eigenvalue weighted by Gasteiger charge is 2.46. The summed E-state index contributed by atoms with van der Waals surface area (Å²) in [5.41, 5.74) is 1.85. The van der Waals surface area contributed by atoms with Gasteiger partial charge in [-0.15, -0.1) is 68.0 Å². The topological polar surface area (TPSA) is 71.1 Å². The molecule has 0 saturated heterocycles. The minimum atomic E-state index is -0.468. The van der Waals surface area contributed by atoms with Crippen LogP contribution >= 0.6 is 68.0 Å². The number of aldehydes is 2. The molecule has 0 saturated carbocycles. The van der Waals surface area contributed by atoms with Gasteiger partial charge in [-0.3, -0.25) is 9.59 Å². The first kappa shape index (κ1) is 86.3. The van der Waals surface area contributed by atoms with Crippen LogP contribution in [0.5, 0.6) is 23.0 Å². The predicted octanol–water partition coefficient (Wildman–Crippen LogP) is 33.6. The van der Waals surface area contributed by atoms with Crippen LogP contribution in [0.4, 0.5) is 0 Å². The summed E-state index contributed by atoms with van der Waals surface area (Å²) in [6, 6.07) is 14.0. The number of ether oxygens (including phenoxy) is 4. The number of hydrogen-bond acceptors (Lipinski definition) is 12. The maximum absolute atomic E-state index is 12.7. The maximum atomic E-state index is 12.7. The van der Waals surface area contributed by atoms with Gasteiger partial charge >= 0.3 is 0 Å². The van der Waals surface area contributed by atoms with Crippen molar-refractivity contribution in [1.82, 2.24) is 0 Å². The van der Waals surface area contributed by atoms with Crippen LogP contribution in [0.15, 0.2) is 36.4 Å². The zero-order valence-electron chi connectivity index (χ0n) is 66.9. The molecule has 6 aromatic rings. The van der Waals surface area contributed by atoms with Gasteiger partial charge in [0.1, 0.15) is 34.2 Å². The summed E-state index contributed by atoms with van der Waals surface area (Å²) in [5.74, 6) is 4.63. The summed E-state index contributed by atoms with van der Waals surface area (Å²) >= 11 is 10.9. The highest BCUT2D eigenvalue weighted by molar-refractivity contribution is 7.31. The maximum Gasteiger partial charge on any atom is 0.160 e. The zero-order chi connectivity index (χ0) is 73.5. The first-order chi connectivity index (χ1) is 51.1. The van der Waals surface area contributed by atoms with Crippen molar-refractivity contribution in [2.75, 3.05) is 13.2 Å². The zero-order valence-corrected chi connectivity index (χ0v) is 71.8.